The number of carbonyl (C=O) groups excluding carboxylic acids is 2. The second-order valence-corrected chi connectivity index (χ2v) is 2.54. The predicted molar refractivity (Wildman–Crippen MR) is 44.2 cm³/mol. The van der Waals surface area contributed by atoms with E-state index < -0.39 is 24.5 Å². The Balaban J connectivity index is 3.81. The van der Waals surface area contributed by atoms with Gasteiger partial charge in [-0.25, -0.2) is 0 Å². The molecule has 0 aliphatic heterocycles. The van der Waals surface area contributed by atoms with Crippen molar-refractivity contribution in [1.82, 2.24) is 5.32 Å². The topological polar surface area (TPSA) is 113 Å². The second-order valence-electron chi connectivity index (χ2n) is 2.54. The van der Waals surface area contributed by atoms with Gasteiger partial charge in [-0.3, -0.25) is 9.59 Å². The number of primary amides is 1. The van der Waals surface area contributed by atoms with Crippen molar-refractivity contribution in [2.45, 2.75) is 13.0 Å². The minimum absolute atomic E-state index is 0.111. The first-order valence-corrected chi connectivity index (χ1v) is 3.69. The van der Waals surface area contributed by atoms with Crippen LogP contribution in [-0.2, 0) is 9.59 Å². The summed E-state index contributed by atoms with van der Waals surface area (Å²) in [4.78, 5) is 21.4. The maximum atomic E-state index is 11.0. The molecule has 6 nitrogen and oxygen atoms in total. The van der Waals surface area contributed by atoms with Crippen LogP contribution in [0.3, 0.4) is 0 Å². The summed E-state index contributed by atoms with van der Waals surface area (Å²) in [5, 5.41) is 19.5. The van der Waals surface area contributed by atoms with Crippen LogP contribution in [0.15, 0.2) is 0 Å². The van der Waals surface area contributed by atoms with Gasteiger partial charge < -0.3 is 21.3 Å². The molecule has 0 aromatic heterocycles. The van der Waals surface area contributed by atoms with Crippen molar-refractivity contribution in [2.75, 3.05) is 13.2 Å². The van der Waals surface area contributed by atoms with Gasteiger partial charge in [-0.05, 0) is 6.92 Å². The summed E-state index contributed by atoms with van der Waals surface area (Å²) in [6.07, 6.45) is -1.02. The highest BCUT2D eigenvalue weighted by Crippen LogP contribution is 1.95. The Kier molecular flexibility index (Phi) is 5.01. The fraction of sp³-hybridized carbons (Fsp3) is 0.571. The number of nitrogens with two attached hydrogens (primary N) is 1. The molecule has 1 unspecified atom stereocenters. The Bertz CT molecular complexity index is 195. The number of nitrogens with one attached hydrogen (secondary N) is 1. The Morgan fingerprint density at radius 1 is 1.54 bits per heavy atom. The van der Waals surface area contributed by atoms with E-state index in [1.165, 1.54) is 6.92 Å². The number of aliphatic hydroxyl groups is 2. The number of rotatable bonds is 5. The molecule has 0 aromatic carbocycles. The number of amides is 2. The van der Waals surface area contributed by atoms with E-state index in [9.17, 15) is 9.59 Å². The van der Waals surface area contributed by atoms with Crippen molar-refractivity contribution < 1.29 is 19.8 Å². The van der Waals surface area contributed by atoms with Crippen LogP contribution < -0.4 is 11.1 Å². The molecule has 0 saturated carbocycles. The highest BCUT2D eigenvalue weighted by atomic mass is 16.3. The van der Waals surface area contributed by atoms with Crippen LogP contribution in [0.25, 0.3) is 0 Å². The van der Waals surface area contributed by atoms with E-state index in [4.69, 9.17) is 15.9 Å². The van der Waals surface area contributed by atoms with Crippen molar-refractivity contribution in [2.24, 2.45) is 5.73 Å². The summed E-state index contributed by atoms with van der Waals surface area (Å²) in [5.74, 6) is -1.58. The van der Waals surface area contributed by atoms with E-state index in [1.807, 2.05) is 0 Å². The van der Waals surface area contributed by atoms with Gasteiger partial charge in [0.2, 0.25) is 11.8 Å². The number of hydrogen-bond donors (Lipinski definition) is 4. The fourth-order valence-electron chi connectivity index (χ4n) is 0.520. The lowest BCUT2D eigenvalue weighted by atomic mass is 10.1. The molecule has 5 N–H and O–H groups in total. The molecule has 0 spiro atoms. The SMILES string of the molecule is C[C](C(N)=O)C(=O)NCC(O)CO. The smallest absolute Gasteiger partial charge is 0.237 e. The first kappa shape index (κ1) is 11.9. The molecule has 0 heterocycles. The normalized spacial score (nSPS) is 12.6. The van der Waals surface area contributed by atoms with Crippen LogP contribution in [0.5, 0.6) is 0 Å². The molecule has 75 valence electrons. The van der Waals surface area contributed by atoms with Crippen molar-refractivity contribution in [3.05, 3.63) is 5.92 Å². The molecule has 1 atom stereocenters. The van der Waals surface area contributed by atoms with Crippen LogP contribution in [-0.4, -0.2) is 41.3 Å². The molecular formula is C7H13N2O4. The molecule has 0 saturated heterocycles. The zero-order valence-corrected chi connectivity index (χ0v) is 7.28. The maximum Gasteiger partial charge on any atom is 0.237 e. The third-order valence-electron chi connectivity index (χ3n) is 1.42. The van der Waals surface area contributed by atoms with Crippen molar-refractivity contribution in [1.29, 1.82) is 0 Å². The minimum Gasteiger partial charge on any atom is -0.394 e. The minimum atomic E-state index is -1.02. The highest BCUT2D eigenvalue weighted by molar-refractivity contribution is 6.13. The predicted octanol–water partition coefficient (Wildman–Crippen LogP) is -2.46. The maximum absolute atomic E-state index is 11.0. The third-order valence-corrected chi connectivity index (χ3v) is 1.42. The Morgan fingerprint density at radius 2 is 2.08 bits per heavy atom. The summed E-state index contributed by atoms with van der Waals surface area (Å²) >= 11 is 0. The Morgan fingerprint density at radius 3 is 2.46 bits per heavy atom. The van der Waals surface area contributed by atoms with E-state index in [-0.39, 0.29) is 12.5 Å². The lowest BCUT2D eigenvalue weighted by Crippen LogP contribution is -2.40. The Labute approximate surface area is 75.7 Å². The van der Waals surface area contributed by atoms with Crippen LogP contribution in [0.1, 0.15) is 6.92 Å². The van der Waals surface area contributed by atoms with Gasteiger partial charge in [-0.15, -0.1) is 0 Å². The quantitative estimate of drug-likeness (QED) is 0.359. The van der Waals surface area contributed by atoms with Gasteiger partial charge in [0, 0.05) is 6.54 Å². The third kappa shape index (κ3) is 4.44. The lowest BCUT2D eigenvalue weighted by Gasteiger charge is -2.10. The van der Waals surface area contributed by atoms with Gasteiger partial charge in [0.25, 0.3) is 0 Å². The molecule has 0 aliphatic carbocycles. The fourth-order valence-corrected chi connectivity index (χ4v) is 0.520. The van der Waals surface area contributed by atoms with Crippen molar-refractivity contribution in [3.63, 3.8) is 0 Å². The summed E-state index contributed by atoms with van der Waals surface area (Å²) in [5.41, 5.74) is 4.83. The summed E-state index contributed by atoms with van der Waals surface area (Å²) in [7, 11) is 0. The zero-order valence-electron chi connectivity index (χ0n) is 7.28. The largest absolute Gasteiger partial charge is 0.394 e. The van der Waals surface area contributed by atoms with E-state index in [0.29, 0.717) is 0 Å². The Hall–Kier alpha value is -1.14. The molecule has 0 aromatic rings. The zero-order chi connectivity index (χ0) is 10.4. The van der Waals surface area contributed by atoms with Crippen molar-refractivity contribution >= 4 is 11.8 Å². The molecule has 2 amide bonds. The van der Waals surface area contributed by atoms with Crippen LogP contribution in [0.2, 0.25) is 0 Å². The molecule has 0 bridgehead atoms. The molecule has 0 aliphatic rings. The van der Waals surface area contributed by atoms with Gasteiger partial charge in [0.1, 0.15) is 5.92 Å². The second kappa shape index (κ2) is 5.50. The standard InChI is InChI=1S/C7H13N2O4/c1-4(6(8)12)7(13)9-2-5(11)3-10/h5,10-11H,2-3H2,1H3,(H2,8,12)(H,9,13). The van der Waals surface area contributed by atoms with Crippen LogP contribution in [0.4, 0.5) is 0 Å². The van der Waals surface area contributed by atoms with Gasteiger partial charge in [0.15, 0.2) is 0 Å². The number of carbonyl (C=O) groups is 2. The van der Waals surface area contributed by atoms with Crippen LogP contribution in [0, 0.1) is 5.92 Å². The van der Waals surface area contributed by atoms with Gasteiger partial charge in [-0.2, -0.15) is 0 Å². The van der Waals surface area contributed by atoms with Gasteiger partial charge >= 0.3 is 0 Å². The van der Waals surface area contributed by atoms with Crippen LogP contribution >= 0.6 is 0 Å². The van der Waals surface area contributed by atoms with E-state index in [2.05, 4.69) is 5.32 Å². The van der Waals surface area contributed by atoms with Crippen molar-refractivity contribution in [3.8, 4) is 0 Å². The summed E-state index contributed by atoms with van der Waals surface area (Å²) < 4.78 is 0. The summed E-state index contributed by atoms with van der Waals surface area (Å²) in [6.45, 7) is 0.721. The first-order chi connectivity index (χ1) is 5.99. The molecule has 1 radical (unpaired) electrons. The molecule has 0 rings (SSSR count). The van der Waals surface area contributed by atoms with Gasteiger partial charge in [-0.1, -0.05) is 0 Å². The average molecular weight is 189 g/mol. The van der Waals surface area contributed by atoms with E-state index in [0.717, 1.165) is 0 Å². The number of aliphatic hydroxyl groups excluding tert-OH is 2. The van der Waals surface area contributed by atoms with Gasteiger partial charge in [0.05, 0.1) is 12.7 Å². The first-order valence-electron chi connectivity index (χ1n) is 3.69. The molecule has 6 heteroatoms. The highest BCUT2D eigenvalue weighted by Gasteiger charge is 2.19. The van der Waals surface area contributed by atoms with E-state index >= 15 is 0 Å². The lowest BCUT2D eigenvalue weighted by molar-refractivity contribution is -0.125. The molecule has 0 fully saturated rings. The average Bonchev–Trinajstić information content (AvgIpc) is 2.11. The summed E-state index contributed by atoms with van der Waals surface area (Å²) in [6, 6.07) is 0. The molecular weight excluding hydrogens is 176 g/mol. The van der Waals surface area contributed by atoms with E-state index in [1.54, 1.807) is 0 Å². The molecule has 13 heavy (non-hydrogen) atoms. The monoisotopic (exact) mass is 189 g/mol. The number of hydrogen-bond acceptors (Lipinski definition) is 4.